The lowest BCUT2D eigenvalue weighted by atomic mass is 10.0. The average Bonchev–Trinajstić information content (AvgIpc) is 2.47. The minimum atomic E-state index is -4.32. The van der Waals surface area contributed by atoms with Crippen molar-refractivity contribution in [1.29, 1.82) is 0 Å². The number of anilines is 1. The van der Waals surface area contributed by atoms with Crippen LogP contribution in [0.4, 0.5) is 18.9 Å². The van der Waals surface area contributed by atoms with Crippen LogP contribution in [0.2, 0.25) is 0 Å². The average molecular weight is 302 g/mol. The first-order chi connectivity index (χ1) is 9.87. The third kappa shape index (κ3) is 4.63. The number of alkyl halides is 3. The van der Waals surface area contributed by atoms with Gasteiger partial charge in [0.2, 0.25) is 0 Å². The minimum absolute atomic E-state index is 0.110. The molecular weight excluding hydrogens is 277 g/mol. The molecule has 0 aliphatic heterocycles. The second kappa shape index (κ2) is 7.69. The van der Waals surface area contributed by atoms with Crippen molar-refractivity contribution in [2.75, 3.05) is 18.0 Å². The van der Waals surface area contributed by atoms with Crippen LogP contribution in [-0.4, -0.2) is 13.1 Å². The van der Waals surface area contributed by atoms with Crippen LogP contribution in [0.1, 0.15) is 44.7 Å². The SMILES string of the molecule is CCC(CC)CN(CC)c1ccc(C(F)(F)F)cc1CN. The monoisotopic (exact) mass is 302 g/mol. The summed E-state index contributed by atoms with van der Waals surface area (Å²) < 4.78 is 38.4. The van der Waals surface area contributed by atoms with Gasteiger partial charge in [0, 0.05) is 25.3 Å². The highest BCUT2D eigenvalue weighted by Crippen LogP contribution is 2.33. The lowest BCUT2D eigenvalue weighted by Crippen LogP contribution is -2.30. The van der Waals surface area contributed by atoms with E-state index in [-0.39, 0.29) is 6.54 Å². The van der Waals surface area contributed by atoms with Gasteiger partial charge in [-0.25, -0.2) is 0 Å². The Morgan fingerprint density at radius 1 is 1.14 bits per heavy atom. The molecule has 0 unspecified atom stereocenters. The van der Waals surface area contributed by atoms with E-state index < -0.39 is 11.7 Å². The first kappa shape index (κ1) is 17.8. The predicted molar refractivity (Wildman–Crippen MR) is 81.3 cm³/mol. The quantitative estimate of drug-likeness (QED) is 0.807. The van der Waals surface area contributed by atoms with E-state index in [4.69, 9.17) is 5.73 Å². The number of hydrogen-bond acceptors (Lipinski definition) is 2. The summed E-state index contributed by atoms with van der Waals surface area (Å²) in [6.07, 6.45) is -2.20. The fourth-order valence-electron chi connectivity index (χ4n) is 2.49. The molecule has 0 aromatic heterocycles. The third-order valence-corrected chi connectivity index (χ3v) is 3.98. The van der Waals surface area contributed by atoms with E-state index in [1.807, 2.05) is 6.92 Å². The molecule has 0 fully saturated rings. The van der Waals surface area contributed by atoms with Crippen molar-refractivity contribution in [3.05, 3.63) is 29.3 Å². The van der Waals surface area contributed by atoms with E-state index in [2.05, 4.69) is 18.7 Å². The van der Waals surface area contributed by atoms with Gasteiger partial charge in [0.15, 0.2) is 0 Å². The second-order valence-electron chi connectivity index (χ2n) is 5.27. The Labute approximate surface area is 125 Å². The fraction of sp³-hybridized carbons (Fsp3) is 0.625. The normalized spacial score (nSPS) is 12.0. The van der Waals surface area contributed by atoms with E-state index in [0.717, 1.165) is 37.7 Å². The number of halogens is 3. The number of rotatable bonds is 7. The number of hydrogen-bond donors (Lipinski definition) is 1. The second-order valence-corrected chi connectivity index (χ2v) is 5.27. The van der Waals surface area contributed by atoms with Crippen LogP contribution in [0, 0.1) is 5.92 Å². The Balaban J connectivity index is 3.09. The van der Waals surface area contributed by atoms with Crippen LogP contribution in [-0.2, 0) is 12.7 Å². The molecule has 1 rings (SSSR count). The fourth-order valence-corrected chi connectivity index (χ4v) is 2.49. The van der Waals surface area contributed by atoms with Crippen molar-refractivity contribution in [3.8, 4) is 0 Å². The van der Waals surface area contributed by atoms with Crippen LogP contribution in [0.3, 0.4) is 0 Å². The smallest absolute Gasteiger partial charge is 0.371 e. The molecule has 0 saturated heterocycles. The molecule has 0 aliphatic carbocycles. The van der Waals surface area contributed by atoms with Gasteiger partial charge < -0.3 is 10.6 Å². The summed E-state index contributed by atoms with van der Waals surface area (Å²) in [4.78, 5) is 2.13. The largest absolute Gasteiger partial charge is 0.416 e. The van der Waals surface area contributed by atoms with Crippen LogP contribution in [0.25, 0.3) is 0 Å². The van der Waals surface area contributed by atoms with Gasteiger partial charge in [-0.15, -0.1) is 0 Å². The van der Waals surface area contributed by atoms with Gasteiger partial charge >= 0.3 is 6.18 Å². The standard InChI is InChI=1S/C16H25F3N2/c1-4-12(5-2)11-21(6-3)15-8-7-14(16(17,18)19)9-13(15)10-20/h7-9,12H,4-6,10-11,20H2,1-3H3. The van der Waals surface area contributed by atoms with Crippen molar-refractivity contribution in [2.45, 2.75) is 46.3 Å². The van der Waals surface area contributed by atoms with E-state index in [1.165, 1.54) is 6.07 Å². The summed E-state index contributed by atoms with van der Waals surface area (Å²) in [6, 6.07) is 3.87. The molecule has 0 radical (unpaired) electrons. The third-order valence-electron chi connectivity index (χ3n) is 3.98. The molecule has 0 aliphatic rings. The molecular formula is C16H25F3N2. The Kier molecular flexibility index (Phi) is 6.52. The van der Waals surface area contributed by atoms with Crippen LogP contribution >= 0.6 is 0 Å². The molecule has 0 spiro atoms. The molecule has 1 aromatic carbocycles. The first-order valence-electron chi connectivity index (χ1n) is 7.52. The zero-order valence-electron chi connectivity index (χ0n) is 13.0. The van der Waals surface area contributed by atoms with Gasteiger partial charge in [-0.3, -0.25) is 0 Å². The molecule has 21 heavy (non-hydrogen) atoms. The molecule has 0 atom stereocenters. The topological polar surface area (TPSA) is 29.3 Å². The predicted octanol–water partition coefficient (Wildman–Crippen LogP) is 4.43. The maximum absolute atomic E-state index is 12.8. The van der Waals surface area contributed by atoms with E-state index in [9.17, 15) is 13.2 Å². The highest BCUT2D eigenvalue weighted by molar-refractivity contribution is 5.55. The van der Waals surface area contributed by atoms with Crippen molar-refractivity contribution in [2.24, 2.45) is 11.7 Å². The van der Waals surface area contributed by atoms with Crippen LogP contribution < -0.4 is 10.6 Å². The molecule has 1 aromatic rings. The van der Waals surface area contributed by atoms with Gasteiger partial charge in [0.05, 0.1) is 5.56 Å². The number of benzene rings is 1. The van der Waals surface area contributed by atoms with E-state index in [1.54, 1.807) is 6.07 Å². The van der Waals surface area contributed by atoms with Crippen molar-refractivity contribution in [1.82, 2.24) is 0 Å². The molecule has 0 saturated carbocycles. The molecule has 0 bridgehead atoms. The Hall–Kier alpha value is -1.23. The summed E-state index contributed by atoms with van der Waals surface area (Å²) in [5, 5.41) is 0. The Morgan fingerprint density at radius 2 is 1.76 bits per heavy atom. The summed E-state index contributed by atoms with van der Waals surface area (Å²) in [6.45, 7) is 8.01. The lowest BCUT2D eigenvalue weighted by molar-refractivity contribution is -0.137. The van der Waals surface area contributed by atoms with Crippen molar-refractivity contribution >= 4 is 5.69 Å². The molecule has 2 nitrogen and oxygen atoms in total. The summed E-state index contributed by atoms with van der Waals surface area (Å²) in [5.41, 5.74) is 6.40. The van der Waals surface area contributed by atoms with Crippen LogP contribution in [0.5, 0.6) is 0 Å². The van der Waals surface area contributed by atoms with Crippen molar-refractivity contribution < 1.29 is 13.2 Å². The minimum Gasteiger partial charge on any atom is -0.371 e. The summed E-state index contributed by atoms with van der Waals surface area (Å²) >= 11 is 0. The number of nitrogens with two attached hydrogens (primary N) is 1. The van der Waals surface area contributed by atoms with E-state index >= 15 is 0 Å². The molecule has 5 heteroatoms. The van der Waals surface area contributed by atoms with Gasteiger partial charge in [-0.1, -0.05) is 26.7 Å². The Bertz CT molecular complexity index is 440. The zero-order chi connectivity index (χ0) is 16.0. The first-order valence-corrected chi connectivity index (χ1v) is 7.52. The van der Waals surface area contributed by atoms with Gasteiger partial charge in [0.25, 0.3) is 0 Å². The Morgan fingerprint density at radius 3 is 2.19 bits per heavy atom. The van der Waals surface area contributed by atoms with Gasteiger partial charge in [0.1, 0.15) is 0 Å². The maximum Gasteiger partial charge on any atom is 0.416 e. The van der Waals surface area contributed by atoms with Crippen molar-refractivity contribution in [3.63, 3.8) is 0 Å². The lowest BCUT2D eigenvalue weighted by Gasteiger charge is -2.29. The zero-order valence-corrected chi connectivity index (χ0v) is 13.0. The molecule has 120 valence electrons. The highest BCUT2D eigenvalue weighted by atomic mass is 19.4. The van der Waals surface area contributed by atoms with Gasteiger partial charge in [-0.05, 0) is 36.6 Å². The number of nitrogens with zero attached hydrogens (tertiary/aromatic N) is 1. The van der Waals surface area contributed by atoms with Gasteiger partial charge in [-0.2, -0.15) is 13.2 Å². The summed E-state index contributed by atoms with van der Waals surface area (Å²) in [5.74, 6) is 0.540. The molecule has 0 heterocycles. The molecule has 0 amide bonds. The highest BCUT2D eigenvalue weighted by Gasteiger charge is 2.31. The maximum atomic E-state index is 12.8. The summed E-state index contributed by atoms with van der Waals surface area (Å²) in [7, 11) is 0. The molecule has 2 N–H and O–H groups in total. The van der Waals surface area contributed by atoms with E-state index in [0.29, 0.717) is 11.5 Å². The van der Waals surface area contributed by atoms with Crippen LogP contribution in [0.15, 0.2) is 18.2 Å².